The number of halogens is 1. The third kappa shape index (κ3) is 3.92. The van der Waals surface area contributed by atoms with Crippen LogP contribution in [0.1, 0.15) is 6.92 Å². The minimum atomic E-state index is -1.02. The quantitative estimate of drug-likeness (QED) is 0.490. The van der Waals surface area contributed by atoms with Crippen molar-refractivity contribution in [3.05, 3.63) is 51.9 Å². The lowest BCUT2D eigenvalue weighted by Crippen LogP contribution is -2.29. The predicted molar refractivity (Wildman–Crippen MR) is 83.9 cm³/mol. The first-order valence-electron chi connectivity index (χ1n) is 6.62. The average molecular weight is 337 g/mol. The molecule has 0 bridgehead atoms. The van der Waals surface area contributed by atoms with E-state index in [1.54, 1.807) is 30.3 Å². The van der Waals surface area contributed by atoms with Crippen LogP contribution in [0.2, 0.25) is 5.28 Å². The van der Waals surface area contributed by atoms with Crippen molar-refractivity contribution in [3.63, 3.8) is 0 Å². The molecule has 0 radical (unpaired) electrons. The van der Waals surface area contributed by atoms with Crippen molar-refractivity contribution in [2.45, 2.75) is 6.92 Å². The first-order valence-corrected chi connectivity index (χ1v) is 7.00. The van der Waals surface area contributed by atoms with Gasteiger partial charge >= 0.3 is 11.7 Å². The summed E-state index contributed by atoms with van der Waals surface area (Å²) in [5, 5.41) is 20.2. The molecule has 0 aliphatic rings. The maximum Gasteiger partial charge on any atom is 0.330 e. The van der Waals surface area contributed by atoms with Gasteiger partial charge in [0, 0.05) is 12.2 Å². The van der Waals surface area contributed by atoms with Gasteiger partial charge < -0.3 is 10.0 Å². The molecule has 1 N–H and O–H groups in total. The molecule has 1 aromatic heterocycles. The van der Waals surface area contributed by atoms with Crippen LogP contribution in [0.4, 0.5) is 17.2 Å². The Morgan fingerprint density at radius 2 is 2.09 bits per heavy atom. The molecule has 9 heteroatoms. The Hall–Kier alpha value is -2.74. The Labute approximate surface area is 136 Å². The van der Waals surface area contributed by atoms with Crippen LogP contribution in [-0.2, 0) is 4.79 Å². The van der Waals surface area contributed by atoms with Gasteiger partial charge in [0.15, 0.2) is 0 Å². The van der Waals surface area contributed by atoms with Gasteiger partial charge in [0.05, 0.1) is 10.8 Å². The fourth-order valence-electron chi connectivity index (χ4n) is 1.95. The molecule has 8 nitrogen and oxygen atoms in total. The van der Waals surface area contributed by atoms with Gasteiger partial charge in [-0.25, -0.2) is 4.98 Å². The summed E-state index contributed by atoms with van der Waals surface area (Å²) in [6, 6.07) is 8.66. The van der Waals surface area contributed by atoms with Gasteiger partial charge in [0.2, 0.25) is 11.1 Å². The summed E-state index contributed by atoms with van der Waals surface area (Å²) in [5.74, 6) is -1.84. The maximum absolute atomic E-state index is 11.2. The highest BCUT2D eigenvalue weighted by Crippen LogP contribution is 2.32. The molecule has 0 aliphatic heterocycles. The van der Waals surface area contributed by atoms with E-state index in [1.807, 2.05) is 0 Å². The number of nitro groups is 1. The largest absolute Gasteiger partial charge is 0.481 e. The molecule has 0 spiro atoms. The minimum Gasteiger partial charge on any atom is -0.481 e. The Bertz CT molecular complexity index is 726. The van der Waals surface area contributed by atoms with E-state index in [9.17, 15) is 14.9 Å². The average Bonchev–Trinajstić information content (AvgIpc) is 2.52. The van der Waals surface area contributed by atoms with Crippen molar-refractivity contribution >= 4 is 34.8 Å². The zero-order valence-corrected chi connectivity index (χ0v) is 12.8. The van der Waals surface area contributed by atoms with Crippen LogP contribution in [-0.4, -0.2) is 32.5 Å². The number of aliphatic carboxylic acids is 1. The summed E-state index contributed by atoms with van der Waals surface area (Å²) in [6.07, 6.45) is 1.01. The van der Waals surface area contributed by atoms with Crippen LogP contribution >= 0.6 is 11.6 Å². The molecule has 1 heterocycles. The number of anilines is 2. The summed E-state index contributed by atoms with van der Waals surface area (Å²) in [5.41, 5.74) is 0.217. The summed E-state index contributed by atoms with van der Waals surface area (Å²) in [7, 11) is 0. The number of carbonyl (C=O) groups is 1. The number of hydrogen-bond donors (Lipinski definition) is 1. The van der Waals surface area contributed by atoms with E-state index < -0.39 is 16.8 Å². The molecule has 0 saturated carbocycles. The molecule has 2 rings (SSSR count). The number of aromatic nitrogens is 2. The second-order valence-corrected chi connectivity index (χ2v) is 5.13. The topological polar surface area (TPSA) is 109 Å². The lowest BCUT2D eigenvalue weighted by Gasteiger charge is -2.25. The molecule has 0 saturated heterocycles. The van der Waals surface area contributed by atoms with Gasteiger partial charge in [-0.15, -0.1) is 0 Å². The molecule has 0 aliphatic carbocycles. The molecule has 0 fully saturated rings. The van der Waals surface area contributed by atoms with Crippen molar-refractivity contribution in [1.82, 2.24) is 9.97 Å². The van der Waals surface area contributed by atoms with E-state index in [-0.39, 0.29) is 23.3 Å². The molecule has 2 aromatic rings. The fraction of sp³-hybridized carbons (Fsp3) is 0.214. The SMILES string of the molecule is CC(CN(c1ccccc1)c1nc(Cl)ncc1[N+](=O)[O-])C(=O)O. The van der Waals surface area contributed by atoms with Crippen molar-refractivity contribution in [2.75, 3.05) is 11.4 Å². The molecule has 1 aromatic carbocycles. The summed E-state index contributed by atoms with van der Waals surface area (Å²) in [4.78, 5) is 30.8. The lowest BCUT2D eigenvalue weighted by molar-refractivity contribution is -0.384. The Morgan fingerprint density at radius 1 is 1.43 bits per heavy atom. The second-order valence-electron chi connectivity index (χ2n) is 4.79. The highest BCUT2D eigenvalue weighted by atomic mass is 35.5. The van der Waals surface area contributed by atoms with E-state index in [0.29, 0.717) is 5.69 Å². The molecular formula is C14H13ClN4O4. The van der Waals surface area contributed by atoms with Crippen molar-refractivity contribution in [2.24, 2.45) is 5.92 Å². The zero-order valence-electron chi connectivity index (χ0n) is 12.1. The third-order valence-corrected chi connectivity index (χ3v) is 3.30. The van der Waals surface area contributed by atoms with E-state index in [2.05, 4.69) is 9.97 Å². The molecule has 1 unspecified atom stereocenters. The van der Waals surface area contributed by atoms with E-state index >= 15 is 0 Å². The van der Waals surface area contributed by atoms with Crippen molar-refractivity contribution < 1.29 is 14.8 Å². The van der Waals surface area contributed by atoms with Crippen LogP contribution in [0.15, 0.2) is 36.5 Å². The Balaban J connectivity index is 2.56. The first kappa shape index (κ1) is 16.6. The van der Waals surface area contributed by atoms with Crippen molar-refractivity contribution in [1.29, 1.82) is 0 Å². The molecule has 120 valence electrons. The van der Waals surface area contributed by atoms with Gasteiger partial charge in [0.25, 0.3) is 0 Å². The smallest absolute Gasteiger partial charge is 0.330 e. The van der Waals surface area contributed by atoms with Gasteiger partial charge in [0.1, 0.15) is 6.20 Å². The van der Waals surface area contributed by atoms with E-state index in [1.165, 1.54) is 11.8 Å². The van der Waals surface area contributed by atoms with Crippen LogP contribution in [0, 0.1) is 16.0 Å². The van der Waals surface area contributed by atoms with Crippen LogP contribution < -0.4 is 4.90 Å². The number of carboxylic acid groups (broad SMARTS) is 1. The van der Waals surface area contributed by atoms with E-state index in [4.69, 9.17) is 16.7 Å². The molecule has 1 atom stereocenters. The summed E-state index contributed by atoms with van der Waals surface area (Å²) >= 11 is 5.76. The molecule has 23 heavy (non-hydrogen) atoms. The Morgan fingerprint density at radius 3 is 2.65 bits per heavy atom. The molecule has 0 amide bonds. The van der Waals surface area contributed by atoms with Crippen LogP contribution in [0.25, 0.3) is 0 Å². The van der Waals surface area contributed by atoms with E-state index in [0.717, 1.165) is 6.20 Å². The zero-order chi connectivity index (χ0) is 17.0. The number of rotatable bonds is 6. The normalized spacial score (nSPS) is 11.7. The second kappa shape index (κ2) is 7.01. The summed E-state index contributed by atoms with van der Waals surface area (Å²) in [6.45, 7) is 1.50. The highest BCUT2D eigenvalue weighted by molar-refractivity contribution is 6.28. The summed E-state index contributed by atoms with van der Waals surface area (Å²) < 4.78 is 0. The standard InChI is InChI=1S/C14H13ClN4O4/c1-9(13(20)21)8-18(10-5-3-2-4-6-10)12-11(19(22)23)7-16-14(15)17-12/h2-7,9H,8H2,1H3,(H,20,21). The van der Waals surface area contributed by atoms with Gasteiger partial charge in [-0.05, 0) is 23.7 Å². The number of carboxylic acids is 1. The monoisotopic (exact) mass is 336 g/mol. The minimum absolute atomic E-state index is 0.00642. The number of hydrogen-bond acceptors (Lipinski definition) is 6. The molecular weight excluding hydrogens is 324 g/mol. The highest BCUT2D eigenvalue weighted by Gasteiger charge is 2.26. The lowest BCUT2D eigenvalue weighted by atomic mass is 10.1. The van der Waals surface area contributed by atoms with Crippen LogP contribution in [0.3, 0.4) is 0 Å². The maximum atomic E-state index is 11.2. The van der Waals surface area contributed by atoms with Gasteiger partial charge in [-0.2, -0.15) is 4.98 Å². The third-order valence-electron chi connectivity index (χ3n) is 3.12. The van der Waals surface area contributed by atoms with Crippen LogP contribution in [0.5, 0.6) is 0 Å². The first-order chi connectivity index (χ1) is 10.9. The number of para-hydroxylation sites is 1. The van der Waals surface area contributed by atoms with Gasteiger partial charge in [-0.3, -0.25) is 14.9 Å². The predicted octanol–water partition coefficient (Wildman–Crippen LogP) is 2.90. The van der Waals surface area contributed by atoms with Gasteiger partial charge in [-0.1, -0.05) is 25.1 Å². The fourth-order valence-corrected chi connectivity index (χ4v) is 2.08. The number of benzene rings is 1. The number of nitrogens with zero attached hydrogens (tertiary/aromatic N) is 4. The van der Waals surface area contributed by atoms with Crippen molar-refractivity contribution in [3.8, 4) is 0 Å². The Kier molecular flexibility index (Phi) is 5.07.